The average molecular weight is 366 g/mol. The SMILES string of the molecule is Cc1nc(-c2cncc(Oc3cccc(C(C)(C)C)c3)n2)n(C)c1C(=O)O. The van der Waals surface area contributed by atoms with Crippen LogP contribution in [0.2, 0.25) is 0 Å². The molecule has 0 saturated heterocycles. The monoisotopic (exact) mass is 366 g/mol. The Labute approximate surface area is 157 Å². The van der Waals surface area contributed by atoms with Gasteiger partial charge in [0.15, 0.2) is 5.82 Å². The van der Waals surface area contributed by atoms with Gasteiger partial charge in [-0.05, 0) is 30.0 Å². The van der Waals surface area contributed by atoms with Crippen molar-refractivity contribution in [3.05, 3.63) is 53.6 Å². The van der Waals surface area contributed by atoms with E-state index in [1.165, 1.54) is 17.0 Å². The molecule has 1 aromatic carbocycles. The van der Waals surface area contributed by atoms with Crippen molar-refractivity contribution in [3.8, 4) is 23.1 Å². The molecule has 0 bridgehead atoms. The standard InChI is InChI=1S/C20H22N4O3/c1-12-17(19(25)26)24(5)18(22-12)15-10-21-11-16(23-15)27-14-8-6-7-13(9-14)20(2,3)4/h6-11H,1-5H3,(H,25,26). The summed E-state index contributed by atoms with van der Waals surface area (Å²) in [6.07, 6.45) is 3.05. The Kier molecular flexibility index (Phi) is 4.70. The predicted molar refractivity (Wildman–Crippen MR) is 101 cm³/mol. The van der Waals surface area contributed by atoms with Crippen LogP contribution in [0.4, 0.5) is 0 Å². The molecule has 0 spiro atoms. The van der Waals surface area contributed by atoms with E-state index in [-0.39, 0.29) is 11.1 Å². The molecule has 7 heteroatoms. The molecule has 7 nitrogen and oxygen atoms in total. The van der Waals surface area contributed by atoms with Gasteiger partial charge in [0, 0.05) is 7.05 Å². The average Bonchev–Trinajstić information content (AvgIpc) is 2.89. The lowest BCUT2D eigenvalue weighted by Crippen LogP contribution is -2.10. The van der Waals surface area contributed by atoms with Crippen molar-refractivity contribution in [1.82, 2.24) is 19.5 Å². The Balaban J connectivity index is 1.94. The molecule has 0 aliphatic carbocycles. The molecule has 140 valence electrons. The van der Waals surface area contributed by atoms with Gasteiger partial charge in [-0.3, -0.25) is 4.98 Å². The van der Waals surface area contributed by atoms with E-state index < -0.39 is 5.97 Å². The molecule has 0 aliphatic heterocycles. The van der Waals surface area contributed by atoms with Gasteiger partial charge in [-0.2, -0.15) is 0 Å². The van der Waals surface area contributed by atoms with Crippen LogP contribution in [0.1, 0.15) is 42.5 Å². The van der Waals surface area contributed by atoms with Gasteiger partial charge < -0.3 is 14.4 Å². The first kappa shape index (κ1) is 18.6. The molecule has 0 saturated carbocycles. The normalized spacial score (nSPS) is 11.4. The molecule has 0 fully saturated rings. The number of hydrogen-bond acceptors (Lipinski definition) is 5. The number of ether oxygens (including phenoxy) is 1. The predicted octanol–water partition coefficient (Wildman–Crippen LogP) is 3.97. The Morgan fingerprint density at radius 1 is 1.19 bits per heavy atom. The molecule has 3 rings (SSSR count). The van der Waals surface area contributed by atoms with E-state index in [0.29, 0.717) is 28.8 Å². The number of aryl methyl sites for hydroxylation is 1. The third-order valence-corrected chi connectivity index (χ3v) is 4.24. The van der Waals surface area contributed by atoms with Crippen LogP contribution in [0, 0.1) is 6.92 Å². The summed E-state index contributed by atoms with van der Waals surface area (Å²) in [4.78, 5) is 24.3. The highest BCUT2D eigenvalue weighted by Gasteiger charge is 2.20. The number of carboxylic acids is 1. The summed E-state index contributed by atoms with van der Waals surface area (Å²) in [6, 6.07) is 7.83. The first-order chi connectivity index (χ1) is 12.7. The number of benzene rings is 1. The van der Waals surface area contributed by atoms with Crippen molar-refractivity contribution < 1.29 is 14.6 Å². The van der Waals surface area contributed by atoms with Crippen molar-refractivity contribution in [2.45, 2.75) is 33.1 Å². The molecule has 0 amide bonds. The maximum Gasteiger partial charge on any atom is 0.354 e. The molecule has 0 radical (unpaired) electrons. The Bertz CT molecular complexity index is 1000. The number of aromatic carboxylic acids is 1. The maximum atomic E-state index is 11.4. The van der Waals surface area contributed by atoms with Crippen molar-refractivity contribution in [1.29, 1.82) is 0 Å². The number of hydrogen-bond donors (Lipinski definition) is 1. The van der Waals surface area contributed by atoms with Crippen LogP contribution in [0.5, 0.6) is 11.6 Å². The lowest BCUT2D eigenvalue weighted by atomic mass is 9.87. The summed E-state index contributed by atoms with van der Waals surface area (Å²) < 4.78 is 7.37. The summed E-state index contributed by atoms with van der Waals surface area (Å²) >= 11 is 0. The molecule has 2 aromatic heterocycles. The van der Waals surface area contributed by atoms with Gasteiger partial charge in [-0.15, -0.1) is 0 Å². The topological polar surface area (TPSA) is 90.1 Å². The second kappa shape index (κ2) is 6.83. The zero-order chi connectivity index (χ0) is 19.8. The van der Waals surface area contributed by atoms with Crippen molar-refractivity contribution >= 4 is 5.97 Å². The van der Waals surface area contributed by atoms with E-state index in [2.05, 4.69) is 41.8 Å². The summed E-state index contributed by atoms with van der Waals surface area (Å²) in [7, 11) is 1.64. The minimum atomic E-state index is -1.03. The van der Waals surface area contributed by atoms with Gasteiger partial charge in [0.1, 0.15) is 17.1 Å². The van der Waals surface area contributed by atoms with Crippen LogP contribution in [-0.2, 0) is 12.5 Å². The smallest absolute Gasteiger partial charge is 0.354 e. The quantitative estimate of drug-likeness (QED) is 0.751. The van der Waals surface area contributed by atoms with E-state index in [0.717, 1.165) is 5.56 Å². The summed E-state index contributed by atoms with van der Waals surface area (Å²) in [5.74, 6) is 0.367. The van der Waals surface area contributed by atoms with Gasteiger partial charge in [0.05, 0.1) is 18.1 Å². The fraction of sp³-hybridized carbons (Fsp3) is 0.300. The van der Waals surface area contributed by atoms with Crippen LogP contribution >= 0.6 is 0 Å². The zero-order valence-corrected chi connectivity index (χ0v) is 16.0. The van der Waals surface area contributed by atoms with E-state index in [1.54, 1.807) is 14.0 Å². The number of carboxylic acid groups (broad SMARTS) is 1. The summed E-state index contributed by atoms with van der Waals surface area (Å²) in [5.41, 5.74) is 2.14. The van der Waals surface area contributed by atoms with Gasteiger partial charge in [-0.1, -0.05) is 32.9 Å². The Morgan fingerprint density at radius 2 is 1.93 bits per heavy atom. The number of rotatable bonds is 4. The molecule has 27 heavy (non-hydrogen) atoms. The molecule has 2 heterocycles. The fourth-order valence-corrected chi connectivity index (χ4v) is 2.81. The number of nitrogens with zero attached hydrogens (tertiary/aromatic N) is 4. The van der Waals surface area contributed by atoms with E-state index in [4.69, 9.17) is 4.74 Å². The Morgan fingerprint density at radius 3 is 2.56 bits per heavy atom. The van der Waals surface area contributed by atoms with Gasteiger partial charge in [0.2, 0.25) is 5.88 Å². The third kappa shape index (κ3) is 3.81. The van der Waals surface area contributed by atoms with Gasteiger partial charge in [0.25, 0.3) is 0 Å². The highest BCUT2D eigenvalue weighted by atomic mass is 16.5. The van der Waals surface area contributed by atoms with E-state index in [1.807, 2.05) is 18.2 Å². The molecule has 1 N–H and O–H groups in total. The van der Waals surface area contributed by atoms with E-state index in [9.17, 15) is 9.90 Å². The van der Waals surface area contributed by atoms with E-state index >= 15 is 0 Å². The second-order valence-electron chi connectivity index (χ2n) is 7.36. The maximum absolute atomic E-state index is 11.4. The first-order valence-corrected chi connectivity index (χ1v) is 8.54. The lowest BCUT2D eigenvalue weighted by molar-refractivity contribution is 0.0685. The Hall–Kier alpha value is -3.22. The van der Waals surface area contributed by atoms with Crippen molar-refractivity contribution in [3.63, 3.8) is 0 Å². The number of aromatic nitrogens is 4. The second-order valence-corrected chi connectivity index (χ2v) is 7.36. The zero-order valence-electron chi connectivity index (χ0n) is 16.0. The molecular formula is C20H22N4O3. The highest BCUT2D eigenvalue weighted by Crippen LogP contribution is 2.28. The number of carbonyl (C=O) groups is 1. The van der Waals surface area contributed by atoms with Crippen molar-refractivity contribution in [2.75, 3.05) is 0 Å². The van der Waals surface area contributed by atoms with Gasteiger partial charge >= 0.3 is 5.97 Å². The highest BCUT2D eigenvalue weighted by molar-refractivity contribution is 5.88. The number of imidazole rings is 1. The van der Waals surface area contributed by atoms with Crippen molar-refractivity contribution in [2.24, 2.45) is 7.05 Å². The van der Waals surface area contributed by atoms with Crippen LogP contribution in [-0.4, -0.2) is 30.6 Å². The largest absolute Gasteiger partial charge is 0.477 e. The van der Waals surface area contributed by atoms with Crippen LogP contribution in [0.3, 0.4) is 0 Å². The summed E-state index contributed by atoms with van der Waals surface area (Å²) in [6.45, 7) is 8.06. The first-order valence-electron chi connectivity index (χ1n) is 8.54. The minimum absolute atomic E-state index is 0.00458. The minimum Gasteiger partial charge on any atom is -0.477 e. The molecular weight excluding hydrogens is 344 g/mol. The lowest BCUT2D eigenvalue weighted by Gasteiger charge is -2.19. The van der Waals surface area contributed by atoms with Crippen LogP contribution in [0.25, 0.3) is 11.5 Å². The molecule has 3 aromatic rings. The fourth-order valence-electron chi connectivity index (χ4n) is 2.81. The molecule has 0 aliphatic rings. The molecule has 0 unspecified atom stereocenters. The summed E-state index contributed by atoms with van der Waals surface area (Å²) in [5, 5.41) is 9.33. The van der Waals surface area contributed by atoms with Crippen LogP contribution in [0.15, 0.2) is 36.7 Å². The van der Waals surface area contributed by atoms with Crippen LogP contribution < -0.4 is 4.74 Å². The molecule has 0 atom stereocenters. The third-order valence-electron chi connectivity index (χ3n) is 4.24. The van der Waals surface area contributed by atoms with Gasteiger partial charge in [-0.25, -0.2) is 14.8 Å².